The number of nitrogens with zero attached hydrogens (tertiary/aromatic N) is 2. The molecule has 86 valence electrons. The number of hydrogen-bond donors (Lipinski definition) is 0. The van der Waals surface area contributed by atoms with E-state index in [0.29, 0.717) is 0 Å². The van der Waals surface area contributed by atoms with E-state index in [2.05, 4.69) is 42.5 Å². The van der Waals surface area contributed by atoms with Gasteiger partial charge in [-0.25, -0.2) is 0 Å². The van der Waals surface area contributed by atoms with Crippen molar-refractivity contribution in [2.75, 3.05) is 0 Å². The summed E-state index contributed by atoms with van der Waals surface area (Å²) in [5.74, 6) is 0. The summed E-state index contributed by atoms with van der Waals surface area (Å²) >= 11 is 0. The van der Waals surface area contributed by atoms with Crippen LogP contribution in [0.15, 0.2) is 36.5 Å². The molecule has 0 aliphatic heterocycles. The lowest BCUT2D eigenvalue weighted by Crippen LogP contribution is -1.93. The molecule has 0 aliphatic rings. The highest BCUT2D eigenvalue weighted by atomic mass is 15.2. The molecule has 0 bridgehead atoms. The topological polar surface area (TPSA) is 17.8 Å². The fourth-order valence-electron chi connectivity index (χ4n) is 1.62. The van der Waals surface area contributed by atoms with Crippen molar-refractivity contribution in [2.45, 2.75) is 27.2 Å². The van der Waals surface area contributed by atoms with E-state index in [4.69, 9.17) is 0 Å². The summed E-state index contributed by atoms with van der Waals surface area (Å²) in [6.07, 6.45) is 2.98. The van der Waals surface area contributed by atoms with Gasteiger partial charge in [0.05, 0.1) is 5.69 Å². The van der Waals surface area contributed by atoms with E-state index in [0.717, 1.165) is 6.42 Å². The van der Waals surface area contributed by atoms with Gasteiger partial charge in [0.2, 0.25) is 0 Å². The third-order valence-electron chi connectivity index (χ3n) is 2.33. The van der Waals surface area contributed by atoms with Crippen molar-refractivity contribution in [1.29, 1.82) is 0 Å². The van der Waals surface area contributed by atoms with Crippen LogP contribution in [0.2, 0.25) is 0 Å². The van der Waals surface area contributed by atoms with Gasteiger partial charge in [-0.3, -0.25) is 4.68 Å². The van der Waals surface area contributed by atoms with Crippen LogP contribution in [0.3, 0.4) is 0 Å². The number of aromatic nitrogens is 2. The van der Waals surface area contributed by atoms with Crippen LogP contribution in [-0.4, -0.2) is 9.78 Å². The van der Waals surface area contributed by atoms with E-state index >= 15 is 0 Å². The summed E-state index contributed by atoms with van der Waals surface area (Å²) in [5.41, 5.74) is 3.74. The number of benzene rings is 1. The molecule has 1 aromatic heterocycles. The Morgan fingerprint density at radius 1 is 1.12 bits per heavy atom. The van der Waals surface area contributed by atoms with Gasteiger partial charge in [0, 0.05) is 19.7 Å². The SMILES string of the molecule is CC.Cc1cn(C)nc1Cc1ccccc1. The quantitative estimate of drug-likeness (QED) is 0.752. The second-order valence-corrected chi connectivity index (χ2v) is 3.59. The van der Waals surface area contributed by atoms with E-state index in [9.17, 15) is 0 Å². The molecule has 0 saturated heterocycles. The van der Waals surface area contributed by atoms with Crippen LogP contribution in [-0.2, 0) is 13.5 Å². The summed E-state index contributed by atoms with van der Waals surface area (Å²) in [4.78, 5) is 0. The van der Waals surface area contributed by atoms with Gasteiger partial charge < -0.3 is 0 Å². The molecule has 0 fully saturated rings. The van der Waals surface area contributed by atoms with Crippen molar-refractivity contribution in [1.82, 2.24) is 9.78 Å². The minimum atomic E-state index is 0.924. The fourth-order valence-corrected chi connectivity index (χ4v) is 1.62. The average Bonchev–Trinajstić information content (AvgIpc) is 2.62. The van der Waals surface area contributed by atoms with Crippen molar-refractivity contribution in [2.24, 2.45) is 7.05 Å². The zero-order chi connectivity index (χ0) is 12.0. The lowest BCUT2D eigenvalue weighted by Gasteiger charge is -1.98. The first-order valence-electron chi connectivity index (χ1n) is 5.79. The maximum Gasteiger partial charge on any atom is 0.0697 e. The lowest BCUT2D eigenvalue weighted by atomic mass is 10.1. The Balaban J connectivity index is 0.000000606. The molecule has 0 unspecified atom stereocenters. The molecule has 0 N–H and O–H groups in total. The molecule has 2 rings (SSSR count). The van der Waals surface area contributed by atoms with Gasteiger partial charge in [0.1, 0.15) is 0 Å². The van der Waals surface area contributed by atoms with Gasteiger partial charge in [-0.2, -0.15) is 5.10 Å². The molecule has 0 aliphatic carbocycles. The van der Waals surface area contributed by atoms with Crippen LogP contribution >= 0.6 is 0 Å². The summed E-state index contributed by atoms with van der Waals surface area (Å²) in [6.45, 7) is 6.10. The van der Waals surface area contributed by atoms with E-state index < -0.39 is 0 Å². The fraction of sp³-hybridized carbons (Fsp3) is 0.357. The third-order valence-corrected chi connectivity index (χ3v) is 2.33. The number of aryl methyl sites for hydroxylation is 2. The number of hydrogen-bond acceptors (Lipinski definition) is 1. The molecule has 0 amide bonds. The molecule has 2 aromatic rings. The molecular weight excluding hydrogens is 196 g/mol. The average molecular weight is 216 g/mol. The monoisotopic (exact) mass is 216 g/mol. The molecule has 1 heterocycles. The Morgan fingerprint density at radius 3 is 2.25 bits per heavy atom. The van der Waals surface area contributed by atoms with Gasteiger partial charge in [-0.05, 0) is 18.1 Å². The Hall–Kier alpha value is -1.57. The van der Waals surface area contributed by atoms with Gasteiger partial charge in [-0.1, -0.05) is 44.2 Å². The summed E-state index contributed by atoms with van der Waals surface area (Å²) in [6, 6.07) is 10.4. The first-order valence-corrected chi connectivity index (χ1v) is 5.79. The van der Waals surface area contributed by atoms with Gasteiger partial charge in [0.25, 0.3) is 0 Å². The van der Waals surface area contributed by atoms with E-state index in [1.165, 1.54) is 16.8 Å². The first kappa shape index (κ1) is 12.5. The standard InChI is InChI=1S/C12H14N2.C2H6/c1-10-9-14(2)13-12(10)8-11-6-4-3-5-7-11;1-2/h3-7,9H,8H2,1-2H3;1-2H3. The predicted octanol–water partition coefficient (Wildman–Crippen LogP) is 3.35. The summed E-state index contributed by atoms with van der Waals surface area (Å²) in [7, 11) is 1.96. The predicted molar refractivity (Wildman–Crippen MR) is 68.5 cm³/mol. The molecular formula is C14H20N2. The highest BCUT2D eigenvalue weighted by Crippen LogP contribution is 2.10. The Kier molecular flexibility index (Phi) is 4.77. The van der Waals surface area contributed by atoms with Crippen molar-refractivity contribution in [3.8, 4) is 0 Å². The maximum absolute atomic E-state index is 4.42. The zero-order valence-corrected chi connectivity index (χ0v) is 10.6. The van der Waals surface area contributed by atoms with Crippen molar-refractivity contribution < 1.29 is 0 Å². The van der Waals surface area contributed by atoms with Gasteiger partial charge >= 0.3 is 0 Å². The van der Waals surface area contributed by atoms with Crippen LogP contribution in [0.1, 0.15) is 30.7 Å². The van der Waals surface area contributed by atoms with Gasteiger partial charge in [0.15, 0.2) is 0 Å². The molecule has 1 aromatic carbocycles. The molecule has 2 heteroatoms. The van der Waals surface area contributed by atoms with Crippen LogP contribution in [0, 0.1) is 6.92 Å². The minimum absolute atomic E-state index is 0.924. The van der Waals surface area contributed by atoms with Crippen LogP contribution in [0.4, 0.5) is 0 Å². The Morgan fingerprint density at radius 2 is 1.75 bits per heavy atom. The molecule has 0 spiro atoms. The Labute approximate surface area is 97.9 Å². The minimum Gasteiger partial charge on any atom is -0.275 e. The van der Waals surface area contributed by atoms with Crippen molar-refractivity contribution in [3.05, 3.63) is 53.3 Å². The van der Waals surface area contributed by atoms with Gasteiger partial charge in [-0.15, -0.1) is 0 Å². The molecule has 16 heavy (non-hydrogen) atoms. The first-order chi connectivity index (χ1) is 7.75. The van der Waals surface area contributed by atoms with Crippen molar-refractivity contribution >= 4 is 0 Å². The third kappa shape index (κ3) is 3.23. The zero-order valence-electron chi connectivity index (χ0n) is 10.6. The molecule has 0 saturated carbocycles. The van der Waals surface area contributed by atoms with E-state index in [1.54, 1.807) is 0 Å². The molecule has 0 atom stereocenters. The van der Waals surface area contributed by atoms with E-state index in [1.807, 2.05) is 31.6 Å². The second kappa shape index (κ2) is 6.11. The van der Waals surface area contributed by atoms with E-state index in [-0.39, 0.29) is 0 Å². The summed E-state index contributed by atoms with van der Waals surface area (Å²) < 4.78 is 1.87. The largest absolute Gasteiger partial charge is 0.275 e. The Bertz CT molecular complexity index is 416. The van der Waals surface area contributed by atoms with Crippen LogP contribution in [0.5, 0.6) is 0 Å². The highest BCUT2D eigenvalue weighted by molar-refractivity contribution is 5.25. The van der Waals surface area contributed by atoms with Crippen molar-refractivity contribution in [3.63, 3.8) is 0 Å². The molecule has 2 nitrogen and oxygen atoms in total. The maximum atomic E-state index is 4.42. The summed E-state index contributed by atoms with van der Waals surface area (Å²) in [5, 5.41) is 4.42. The molecule has 0 radical (unpaired) electrons. The smallest absolute Gasteiger partial charge is 0.0697 e. The van der Waals surface area contributed by atoms with Crippen LogP contribution in [0.25, 0.3) is 0 Å². The highest BCUT2D eigenvalue weighted by Gasteiger charge is 2.03. The lowest BCUT2D eigenvalue weighted by molar-refractivity contribution is 0.749. The normalized spacial score (nSPS) is 9.50. The second-order valence-electron chi connectivity index (χ2n) is 3.59. The number of rotatable bonds is 2. The van der Waals surface area contributed by atoms with Crippen LogP contribution < -0.4 is 0 Å².